The number of hydrogen-bond acceptors (Lipinski definition) is 15. The fourth-order valence-corrected chi connectivity index (χ4v) is 4.95. The van der Waals surface area contributed by atoms with Crippen molar-refractivity contribution in [3.8, 4) is 28.7 Å². The largest absolute Gasteiger partial charge is 0.508 e. The number of aliphatic hydroxyl groups is 2. The van der Waals surface area contributed by atoms with E-state index >= 15 is 0 Å². The first-order valence-electron chi connectivity index (χ1n) is 15.4. The highest BCUT2D eigenvalue weighted by Gasteiger charge is 2.50. The minimum Gasteiger partial charge on any atom is -0.508 e. The molecular formula is C35H38O15. The van der Waals surface area contributed by atoms with Crippen LogP contribution in [0.15, 0.2) is 72.3 Å². The second-order valence-corrected chi connectivity index (χ2v) is 11.5. The van der Waals surface area contributed by atoms with E-state index in [1.54, 1.807) is 6.92 Å². The van der Waals surface area contributed by atoms with Crippen LogP contribution in [0.4, 0.5) is 0 Å². The Labute approximate surface area is 286 Å². The summed E-state index contributed by atoms with van der Waals surface area (Å²) in [6.45, 7) is 0.621. The summed E-state index contributed by atoms with van der Waals surface area (Å²) in [5.41, 5.74) is 1.59. The number of phenols is 5. The van der Waals surface area contributed by atoms with E-state index in [-0.39, 0.29) is 43.1 Å². The van der Waals surface area contributed by atoms with Gasteiger partial charge < -0.3 is 59.4 Å². The zero-order chi connectivity index (χ0) is 36.4. The topological polar surface area (TPSA) is 239 Å². The van der Waals surface area contributed by atoms with Gasteiger partial charge in [-0.3, -0.25) is 14.4 Å². The molecule has 0 bridgehead atoms. The Morgan fingerprint density at radius 3 is 1.80 bits per heavy atom. The summed E-state index contributed by atoms with van der Waals surface area (Å²) < 4.78 is 28.4. The van der Waals surface area contributed by atoms with Gasteiger partial charge in [-0.15, -0.1) is 0 Å². The van der Waals surface area contributed by atoms with E-state index in [1.807, 2.05) is 0 Å². The SMILES string of the molecule is CC(=CCO)CO[C@@H]1O[C@H](COC(=O)Cc2ccc(O)c(O)c2)[C@@H](OC(=O)Cc2ccc(O)cc2)[C@H](O)[C@H]1OC(=O)Cc1ccc(O)c(O)c1. The molecule has 1 heterocycles. The van der Waals surface area contributed by atoms with Crippen molar-refractivity contribution in [2.24, 2.45) is 0 Å². The van der Waals surface area contributed by atoms with Crippen LogP contribution in [0.25, 0.3) is 0 Å². The molecule has 1 saturated heterocycles. The van der Waals surface area contributed by atoms with Gasteiger partial charge in [-0.2, -0.15) is 0 Å². The zero-order valence-electron chi connectivity index (χ0n) is 26.9. The first-order valence-corrected chi connectivity index (χ1v) is 15.4. The Bertz CT molecular complexity index is 1670. The quantitative estimate of drug-likeness (QED) is 0.0548. The van der Waals surface area contributed by atoms with Crippen molar-refractivity contribution in [1.82, 2.24) is 0 Å². The molecule has 15 heteroatoms. The van der Waals surface area contributed by atoms with Gasteiger partial charge in [0.1, 0.15) is 24.6 Å². The van der Waals surface area contributed by atoms with Crippen molar-refractivity contribution in [3.63, 3.8) is 0 Å². The molecule has 4 rings (SSSR count). The minimum absolute atomic E-state index is 0.0232. The monoisotopic (exact) mass is 698 g/mol. The molecule has 50 heavy (non-hydrogen) atoms. The van der Waals surface area contributed by atoms with Crippen LogP contribution in [0, 0.1) is 0 Å². The predicted octanol–water partition coefficient (Wildman–Crippen LogP) is 1.65. The van der Waals surface area contributed by atoms with Crippen molar-refractivity contribution in [2.75, 3.05) is 19.8 Å². The van der Waals surface area contributed by atoms with Crippen LogP contribution in [0.1, 0.15) is 23.6 Å². The van der Waals surface area contributed by atoms with E-state index in [4.69, 9.17) is 23.7 Å². The van der Waals surface area contributed by atoms with Gasteiger partial charge in [0.15, 0.2) is 41.5 Å². The molecule has 3 aromatic carbocycles. The van der Waals surface area contributed by atoms with Gasteiger partial charge in [0.2, 0.25) is 0 Å². The Balaban J connectivity index is 1.56. The second-order valence-electron chi connectivity index (χ2n) is 11.5. The third kappa shape index (κ3) is 10.6. The van der Waals surface area contributed by atoms with E-state index in [9.17, 15) is 50.1 Å². The third-order valence-electron chi connectivity index (χ3n) is 7.54. The molecule has 15 nitrogen and oxygen atoms in total. The summed E-state index contributed by atoms with van der Waals surface area (Å²) in [5.74, 6) is -4.26. The van der Waals surface area contributed by atoms with Gasteiger partial charge in [0, 0.05) is 0 Å². The molecule has 0 unspecified atom stereocenters. The van der Waals surface area contributed by atoms with E-state index < -0.39 is 78.9 Å². The van der Waals surface area contributed by atoms with Crippen LogP contribution >= 0.6 is 0 Å². The molecule has 1 fully saturated rings. The van der Waals surface area contributed by atoms with Crippen molar-refractivity contribution >= 4 is 17.9 Å². The average Bonchev–Trinajstić information content (AvgIpc) is 3.06. The Kier molecular flexibility index (Phi) is 13.0. The lowest BCUT2D eigenvalue weighted by atomic mass is 9.98. The molecule has 5 atom stereocenters. The maximum Gasteiger partial charge on any atom is 0.310 e. The number of aromatic hydroxyl groups is 5. The number of aliphatic hydroxyl groups excluding tert-OH is 2. The maximum absolute atomic E-state index is 13.1. The van der Waals surface area contributed by atoms with Crippen LogP contribution in [0.5, 0.6) is 28.7 Å². The lowest BCUT2D eigenvalue weighted by Gasteiger charge is -2.43. The molecule has 1 aliphatic heterocycles. The Hall–Kier alpha value is -5.35. The number of carbonyl (C=O) groups excluding carboxylic acids is 3. The minimum atomic E-state index is -1.80. The maximum atomic E-state index is 13.1. The molecule has 0 radical (unpaired) electrons. The van der Waals surface area contributed by atoms with Crippen LogP contribution in [0.2, 0.25) is 0 Å². The van der Waals surface area contributed by atoms with E-state index in [1.165, 1.54) is 60.7 Å². The molecule has 0 amide bonds. The van der Waals surface area contributed by atoms with Gasteiger partial charge in [0.05, 0.1) is 32.5 Å². The summed E-state index contributed by atoms with van der Waals surface area (Å²) in [6.07, 6.45) is -7.42. The van der Waals surface area contributed by atoms with Crippen molar-refractivity contribution in [1.29, 1.82) is 0 Å². The molecule has 0 aromatic heterocycles. The highest BCUT2D eigenvalue weighted by molar-refractivity contribution is 5.74. The van der Waals surface area contributed by atoms with Crippen LogP contribution in [-0.2, 0) is 57.3 Å². The fraction of sp³-hybridized carbons (Fsp3) is 0.343. The number of hydrogen-bond donors (Lipinski definition) is 7. The van der Waals surface area contributed by atoms with E-state index in [0.29, 0.717) is 16.7 Å². The molecule has 0 aliphatic carbocycles. The summed E-state index contributed by atoms with van der Waals surface area (Å²) in [6, 6.07) is 13.2. The average molecular weight is 699 g/mol. The van der Waals surface area contributed by atoms with E-state index in [0.717, 1.165) is 6.07 Å². The van der Waals surface area contributed by atoms with Crippen LogP contribution < -0.4 is 0 Å². The third-order valence-corrected chi connectivity index (χ3v) is 7.54. The Morgan fingerprint density at radius 2 is 1.24 bits per heavy atom. The molecule has 268 valence electrons. The normalized spacial score (nSPS) is 20.5. The number of benzene rings is 3. The second kappa shape index (κ2) is 17.3. The van der Waals surface area contributed by atoms with Gasteiger partial charge in [-0.1, -0.05) is 30.3 Å². The zero-order valence-corrected chi connectivity index (χ0v) is 26.9. The van der Waals surface area contributed by atoms with Gasteiger partial charge in [-0.25, -0.2) is 0 Å². The number of carbonyl (C=O) groups is 3. The standard InChI is InChI=1S/C35H38O15/c1-19(10-11-36)17-47-35-34(50-31(44)16-22-5-9-25(39)27(41)13-22)32(45)33(49-30(43)14-20-2-6-23(37)7-3-20)28(48-35)18-46-29(42)15-21-4-8-24(38)26(40)12-21/h2-10,12-13,28,32-41,45H,11,14-18H2,1H3/t28-,32+,33-,34-,35-/m1/s1. The van der Waals surface area contributed by atoms with Crippen molar-refractivity contribution < 1.29 is 73.8 Å². The van der Waals surface area contributed by atoms with Gasteiger partial charge in [0.25, 0.3) is 0 Å². The lowest BCUT2D eigenvalue weighted by Crippen LogP contribution is -2.62. The molecule has 7 N–H and O–H groups in total. The fourth-order valence-electron chi connectivity index (χ4n) is 4.95. The molecule has 0 saturated carbocycles. The van der Waals surface area contributed by atoms with Crippen LogP contribution in [-0.4, -0.2) is 104 Å². The number of phenolic OH excluding ortho intramolecular Hbond substituents is 5. The molecule has 0 spiro atoms. The molecular weight excluding hydrogens is 660 g/mol. The van der Waals surface area contributed by atoms with Crippen LogP contribution in [0.3, 0.4) is 0 Å². The highest BCUT2D eigenvalue weighted by Crippen LogP contribution is 2.30. The number of esters is 3. The lowest BCUT2D eigenvalue weighted by molar-refractivity contribution is -0.304. The summed E-state index contributed by atoms with van der Waals surface area (Å²) >= 11 is 0. The summed E-state index contributed by atoms with van der Waals surface area (Å²) in [4.78, 5) is 38.9. The first kappa shape index (κ1) is 37.5. The number of ether oxygens (including phenoxy) is 5. The van der Waals surface area contributed by atoms with Crippen molar-refractivity contribution in [2.45, 2.75) is 56.9 Å². The van der Waals surface area contributed by atoms with Crippen molar-refractivity contribution in [3.05, 3.63) is 89.0 Å². The highest BCUT2D eigenvalue weighted by atomic mass is 16.7. The number of rotatable bonds is 14. The van der Waals surface area contributed by atoms with Gasteiger partial charge >= 0.3 is 17.9 Å². The van der Waals surface area contributed by atoms with E-state index in [2.05, 4.69) is 0 Å². The summed E-state index contributed by atoms with van der Waals surface area (Å²) in [5, 5.41) is 69.1. The molecule has 3 aromatic rings. The summed E-state index contributed by atoms with van der Waals surface area (Å²) in [7, 11) is 0. The smallest absolute Gasteiger partial charge is 0.310 e. The van der Waals surface area contributed by atoms with Gasteiger partial charge in [-0.05, 0) is 65.6 Å². The first-order chi connectivity index (χ1) is 23.8. The predicted molar refractivity (Wildman–Crippen MR) is 171 cm³/mol. The Morgan fingerprint density at radius 1 is 0.720 bits per heavy atom. The molecule has 1 aliphatic rings.